The summed E-state index contributed by atoms with van der Waals surface area (Å²) in [6, 6.07) is 7.18. The van der Waals surface area contributed by atoms with Gasteiger partial charge in [0.05, 0.1) is 6.61 Å². The van der Waals surface area contributed by atoms with E-state index in [1.165, 1.54) is 43.9 Å². The number of carbonyl (C=O) groups excluding carboxylic acids is 1. The van der Waals surface area contributed by atoms with Crippen molar-refractivity contribution in [2.45, 2.75) is 45.2 Å². The molecule has 7 heteroatoms. The van der Waals surface area contributed by atoms with Crippen LogP contribution < -0.4 is 10.2 Å². The molecule has 29 heavy (non-hydrogen) atoms. The van der Waals surface area contributed by atoms with Crippen molar-refractivity contribution in [2.75, 3.05) is 13.2 Å². The fourth-order valence-corrected chi connectivity index (χ4v) is 4.23. The van der Waals surface area contributed by atoms with Gasteiger partial charge < -0.3 is 19.3 Å². The second-order valence-electron chi connectivity index (χ2n) is 7.84. The molecule has 0 saturated heterocycles. The van der Waals surface area contributed by atoms with E-state index in [-0.39, 0.29) is 18.1 Å². The van der Waals surface area contributed by atoms with E-state index in [0.29, 0.717) is 31.5 Å². The zero-order valence-corrected chi connectivity index (χ0v) is 16.3. The molecular weight excluding hydrogens is 375 g/mol. The largest absolute Gasteiger partial charge is 0.503 e. The minimum Gasteiger partial charge on any atom is -0.503 e. The van der Waals surface area contributed by atoms with Gasteiger partial charge in [-0.25, -0.2) is 4.39 Å². The van der Waals surface area contributed by atoms with Crippen molar-refractivity contribution in [1.82, 2.24) is 9.47 Å². The number of carbonyl (C=O) groups is 1. The van der Waals surface area contributed by atoms with Gasteiger partial charge in [0.15, 0.2) is 17.3 Å². The Balaban J connectivity index is 1.52. The monoisotopic (exact) mass is 400 g/mol. The van der Waals surface area contributed by atoms with Crippen molar-refractivity contribution in [2.24, 2.45) is 5.92 Å². The molecule has 2 aromatic rings. The molecule has 0 unspecified atom stereocenters. The molecule has 0 spiro atoms. The van der Waals surface area contributed by atoms with Gasteiger partial charge in [-0.2, -0.15) is 0 Å². The van der Waals surface area contributed by atoms with Gasteiger partial charge in [-0.15, -0.1) is 0 Å². The van der Waals surface area contributed by atoms with Gasteiger partial charge in [-0.1, -0.05) is 37.8 Å². The van der Waals surface area contributed by atoms with Crippen LogP contribution in [-0.2, 0) is 13.1 Å². The van der Waals surface area contributed by atoms with Gasteiger partial charge in [-0.3, -0.25) is 9.59 Å². The first-order chi connectivity index (χ1) is 14.0. The van der Waals surface area contributed by atoms with Crippen LogP contribution in [-0.4, -0.2) is 33.6 Å². The number of hydrogen-bond donors (Lipinski definition) is 1. The highest BCUT2D eigenvalue weighted by Gasteiger charge is 2.30. The first kappa shape index (κ1) is 19.5. The summed E-state index contributed by atoms with van der Waals surface area (Å²) in [4.78, 5) is 26.7. The Morgan fingerprint density at radius 1 is 1.10 bits per heavy atom. The molecule has 2 aliphatic rings. The topological polar surface area (TPSA) is 71.8 Å². The van der Waals surface area contributed by atoms with Gasteiger partial charge in [0, 0.05) is 25.7 Å². The number of ether oxygens (including phenoxy) is 1. The Morgan fingerprint density at radius 2 is 1.83 bits per heavy atom. The quantitative estimate of drug-likeness (QED) is 0.808. The third-order valence-corrected chi connectivity index (χ3v) is 5.87. The molecule has 1 aromatic heterocycles. The van der Waals surface area contributed by atoms with Gasteiger partial charge >= 0.3 is 0 Å². The number of aromatic nitrogens is 1. The Labute approximate surface area is 168 Å². The molecule has 1 fully saturated rings. The van der Waals surface area contributed by atoms with Gasteiger partial charge in [-0.05, 0) is 30.0 Å². The molecule has 2 heterocycles. The molecule has 1 amide bonds. The smallest absolute Gasteiger partial charge is 0.274 e. The predicted molar refractivity (Wildman–Crippen MR) is 106 cm³/mol. The maximum Gasteiger partial charge on any atom is 0.274 e. The molecule has 1 aliphatic heterocycles. The second kappa shape index (κ2) is 8.27. The van der Waals surface area contributed by atoms with Crippen LogP contribution in [0.1, 0.15) is 48.2 Å². The minimum atomic E-state index is -0.621. The third kappa shape index (κ3) is 4.13. The molecule has 0 atom stereocenters. The van der Waals surface area contributed by atoms with Crippen LogP contribution in [0, 0.1) is 11.7 Å². The minimum absolute atomic E-state index is 0.0401. The molecule has 1 aliphatic carbocycles. The molecule has 0 radical (unpaired) electrons. The molecule has 4 rings (SSSR count). The molecule has 0 bridgehead atoms. The Bertz CT molecular complexity index is 949. The SMILES string of the molecule is O=C1c2c(O)c(=O)cc(OCCC3CCCC3)n2CCN1Cc1ccc(F)cc1. The normalized spacial score (nSPS) is 16.9. The predicted octanol–water partition coefficient (Wildman–Crippen LogP) is 3.31. The maximum absolute atomic E-state index is 13.1. The zero-order valence-electron chi connectivity index (χ0n) is 16.3. The number of hydrogen-bond acceptors (Lipinski definition) is 4. The van der Waals surface area contributed by atoms with Crippen molar-refractivity contribution >= 4 is 5.91 Å². The first-order valence-electron chi connectivity index (χ1n) is 10.2. The van der Waals surface area contributed by atoms with E-state index in [4.69, 9.17) is 4.74 Å². The number of benzene rings is 1. The number of halogens is 1. The highest BCUT2D eigenvalue weighted by Crippen LogP contribution is 2.29. The van der Waals surface area contributed by atoms with E-state index >= 15 is 0 Å². The van der Waals surface area contributed by atoms with Crippen LogP contribution in [0.2, 0.25) is 0 Å². The summed E-state index contributed by atoms with van der Waals surface area (Å²) in [5, 5.41) is 10.3. The van der Waals surface area contributed by atoms with E-state index in [1.807, 2.05) is 0 Å². The van der Waals surface area contributed by atoms with E-state index in [1.54, 1.807) is 21.6 Å². The fourth-order valence-electron chi connectivity index (χ4n) is 4.23. The summed E-state index contributed by atoms with van der Waals surface area (Å²) in [7, 11) is 0. The van der Waals surface area contributed by atoms with Crippen LogP contribution in [0.15, 0.2) is 35.1 Å². The number of rotatable bonds is 6. The summed E-state index contributed by atoms with van der Waals surface area (Å²) in [6.45, 7) is 1.58. The average Bonchev–Trinajstić information content (AvgIpc) is 3.22. The molecule has 1 aromatic carbocycles. The first-order valence-corrected chi connectivity index (χ1v) is 10.2. The van der Waals surface area contributed by atoms with Crippen LogP contribution >= 0.6 is 0 Å². The summed E-state index contributed by atoms with van der Waals surface area (Å²) in [5.41, 5.74) is 0.116. The van der Waals surface area contributed by atoms with E-state index in [2.05, 4.69) is 0 Å². The number of fused-ring (bicyclic) bond motifs is 1. The Kier molecular flexibility index (Phi) is 5.56. The summed E-state index contributed by atoms with van der Waals surface area (Å²) in [5.74, 6) is -0.339. The summed E-state index contributed by atoms with van der Waals surface area (Å²) >= 11 is 0. The lowest BCUT2D eigenvalue weighted by Crippen LogP contribution is -2.41. The molecule has 6 nitrogen and oxygen atoms in total. The third-order valence-electron chi connectivity index (χ3n) is 5.87. The van der Waals surface area contributed by atoms with Gasteiger partial charge in [0.2, 0.25) is 5.43 Å². The number of nitrogens with zero attached hydrogens (tertiary/aromatic N) is 2. The number of pyridine rings is 1. The lowest BCUT2D eigenvalue weighted by molar-refractivity contribution is 0.0674. The fraction of sp³-hybridized carbons (Fsp3) is 0.455. The standard InChI is InChI=1S/C22H25FN2O4/c23-17-7-5-16(6-8-17)14-24-10-11-25-19(29-12-9-15-3-1-2-4-15)13-18(26)21(27)20(25)22(24)28/h5-8,13,15,27H,1-4,9-12,14H2. The number of amides is 1. The van der Waals surface area contributed by atoms with E-state index < -0.39 is 17.1 Å². The molecule has 1 saturated carbocycles. The van der Waals surface area contributed by atoms with Crippen LogP contribution in [0.5, 0.6) is 11.6 Å². The maximum atomic E-state index is 13.1. The summed E-state index contributed by atoms with van der Waals surface area (Å²) in [6.07, 6.45) is 5.88. The second-order valence-corrected chi connectivity index (χ2v) is 7.84. The Hall–Kier alpha value is -2.83. The van der Waals surface area contributed by atoms with Crippen molar-refractivity contribution in [3.63, 3.8) is 0 Å². The van der Waals surface area contributed by atoms with Crippen LogP contribution in [0.4, 0.5) is 4.39 Å². The highest BCUT2D eigenvalue weighted by molar-refractivity contribution is 5.96. The zero-order chi connectivity index (χ0) is 20.4. The molecule has 1 N–H and O–H groups in total. The van der Waals surface area contributed by atoms with Crippen molar-refractivity contribution in [3.8, 4) is 11.6 Å². The van der Waals surface area contributed by atoms with Gasteiger partial charge in [0.25, 0.3) is 5.91 Å². The number of aromatic hydroxyl groups is 1. The Morgan fingerprint density at radius 3 is 2.55 bits per heavy atom. The van der Waals surface area contributed by atoms with E-state index in [9.17, 15) is 19.1 Å². The van der Waals surface area contributed by atoms with Crippen molar-refractivity contribution in [1.29, 1.82) is 0 Å². The van der Waals surface area contributed by atoms with Crippen LogP contribution in [0.25, 0.3) is 0 Å². The van der Waals surface area contributed by atoms with E-state index in [0.717, 1.165) is 12.0 Å². The van der Waals surface area contributed by atoms with Crippen molar-refractivity contribution < 1.29 is 19.0 Å². The average molecular weight is 400 g/mol. The lowest BCUT2D eigenvalue weighted by Gasteiger charge is -2.31. The highest BCUT2D eigenvalue weighted by atomic mass is 19.1. The lowest BCUT2D eigenvalue weighted by atomic mass is 10.1. The molecule has 154 valence electrons. The van der Waals surface area contributed by atoms with Crippen LogP contribution in [0.3, 0.4) is 0 Å². The van der Waals surface area contributed by atoms with Crippen molar-refractivity contribution in [3.05, 3.63) is 57.6 Å². The van der Waals surface area contributed by atoms with Gasteiger partial charge in [0.1, 0.15) is 5.82 Å². The summed E-state index contributed by atoms with van der Waals surface area (Å²) < 4.78 is 20.6. The molecular formula is C22H25FN2O4.